The van der Waals surface area contributed by atoms with Crippen molar-refractivity contribution in [1.82, 2.24) is 0 Å². The fourth-order valence-corrected chi connectivity index (χ4v) is 2.41. The smallest absolute Gasteiger partial charge is 0.156 e. The van der Waals surface area contributed by atoms with E-state index in [-0.39, 0.29) is 17.3 Å². The summed E-state index contributed by atoms with van der Waals surface area (Å²) in [5, 5.41) is 0. The van der Waals surface area contributed by atoms with Gasteiger partial charge in [0, 0.05) is 5.57 Å². The van der Waals surface area contributed by atoms with Gasteiger partial charge in [0.15, 0.2) is 5.78 Å². The number of ketones is 1. The van der Waals surface area contributed by atoms with Crippen LogP contribution in [0.1, 0.15) is 52.7 Å². The normalized spacial score (nSPS) is 13.4. The van der Waals surface area contributed by atoms with Gasteiger partial charge in [0.2, 0.25) is 0 Å². The summed E-state index contributed by atoms with van der Waals surface area (Å²) < 4.78 is 27.7. The summed E-state index contributed by atoms with van der Waals surface area (Å²) >= 11 is 0. The number of Topliss-reactive ketones (excluding diaryl/α,β-unsaturated/α-hetero) is 1. The monoisotopic (exact) mass is 280 g/mol. The minimum absolute atomic E-state index is 0.0391. The molecule has 0 aliphatic carbocycles. The van der Waals surface area contributed by atoms with Crippen LogP contribution in [0.4, 0.5) is 8.78 Å². The predicted octanol–water partition coefficient (Wildman–Crippen LogP) is 5.05. The van der Waals surface area contributed by atoms with Gasteiger partial charge in [-0.25, -0.2) is 8.78 Å². The molecule has 1 aromatic rings. The van der Waals surface area contributed by atoms with Crippen molar-refractivity contribution in [3.8, 4) is 0 Å². The Balaban J connectivity index is 3.50. The first-order valence-corrected chi connectivity index (χ1v) is 6.76. The number of carbonyl (C=O) groups is 1. The third kappa shape index (κ3) is 3.75. The molecular weight excluding hydrogens is 258 g/mol. The van der Waals surface area contributed by atoms with Crippen LogP contribution in [0.5, 0.6) is 0 Å². The average molecular weight is 280 g/mol. The van der Waals surface area contributed by atoms with Crippen LogP contribution < -0.4 is 0 Å². The molecule has 1 aromatic carbocycles. The third-order valence-electron chi connectivity index (χ3n) is 3.38. The number of benzene rings is 1. The Bertz CT molecular complexity index is 549. The number of rotatable bonds is 4. The Morgan fingerprint density at radius 1 is 1.15 bits per heavy atom. The van der Waals surface area contributed by atoms with Gasteiger partial charge in [0.1, 0.15) is 11.5 Å². The van der Waals surface area contributed by atoms with E-state index in [0.29, 0.717) is 16.7 Å². The van der Waals surface area contributed by atoms with Gasteiger partial charge in [-0.3, -0.25) is 4.79 Å². The maximum Gasteiger partial charge on any atom is 0.156 e. The maximum atomic E-state index is 14.0. The lowest BCUT2D eigenvalue weighted by atomic mass is 9.89. The Kier molecular flexibility index (Phi) is 4.85. The van der Waals surface area contributed by atoms with E-state index in [1.54, 1.807) is 13.0 Å². The molecule has 110 valence electrons. The maximum absolute atomic E-state index is 14.0. The zero-order valence-electron chi connectivity index (χ0n) is 13.0. The lowest BCUT2D eigenvalue weighted by molar-refractivity contribution is -0.113. The van der Waals surface area contributed by atoms with Crippen molar-refractivity contribution < 1.29 is 13.6 Å². The van der Waals surface area contributed by atoms with E-state index in [1.807, 2.05) is 13.8 Å². The van der Waals surface area contributed by atoms with Crippen LogP contribution in [0.3, 0.4) is 0 Å². The van der Waals surface area contributed by atoms with Crippen LogP contribution in [0, 0.1) is 11.7 Å². The van der Waals surface area contributed by atoms with Crippen molar-refractivity contribution in [1.29, 1.82) is 0 Å². The summed E-state index contributed by atoms with van der Waals surface area (Å²) in [6.45, 7) is 9.88. The van der Waals surface area contributed by atoms with Gasteiger partial charge < -0.3 is 0 Å². The number of halogens is 2. The van der Waals surface area contributed by atoms with E-state index in [4.69, 9.17) is 0 Å². The molecule has 1 rings (SSSR count). The summed E-state index contributed by atoms with van der Waals surface area (Å²) in [4.78, 5) is 11.7. The van der Waals surface area contributed by atoms with E-state index in [0.717, 1.165) is 0 Å². The second kappa shape index (κ2) is 5.86. The zero-order valence-corrected chi connectivity index (χ0v) is 13.0. The summed E-state index contributed by atoms with van der Waals surface area (Å²) in [5.41, 5.74) is 0.574. The van der Waals surface area contributed by atoms with Gasteiger partial charge in [-0.15, -0.1) is 0 Å². The van der Waals surface area contributed by atoms with Gasteiger partial charge in [-0.1, -0.05) is 13.8 Å². The highest BCUT2D eigenvalue weighted by Crippen LogP contribution is 2.31. The quantitative estimate of drug-likeness (QED) is 0.705. The second-order valence-electron chi connectivity index (χ2n) is 5.95. The fraction of sp³-hybridized carbons (Fsp3) is 0.471. The lowest BCUT2D eigenvalue weighted by Crippen LogP contribution is -2.11. The molecule has 0 saturated heterocycles. The molecule has 1 nitrogen and oxygen atoms in total. The van der Waals surface area contributed by atoms with E-state index in [9.17, 15) is 13.6 Å². The highest BCUT2D eigenvalue weighted by atomic mass is 19.1. The van der Waals surface area contributed by atoms with Crippen LogP contribution in [0.2, 0.25) is 0 Å². The van der Waals surface area contributed by atoms with Crippen LogP contribution >= 0.6 is 0 Å². The lowest BCUT2D eigenvalue weighted by Gasteiger charge is -2.18. The van der Waals surface area contributed by atoms with E-state index in [1.165, 1.54) is 32.9 Å². The van der Waals surface area contributed by atoms with Gasteiger partial charge in [0.05, 0.1) is 0 Å². The molecule has 20 heavy (non-hydrogen) atoms. The summed E-state index contributed by atoms with van der Waals surface area (Å²) in [6, 6.07) is 4.15. The standard InChI is InChI=1S/C17H22F2O/c1-10(2)16(12(4)20)11(3)13-7-14(17(5,6)19)9-15(18)8-13/h7-10H,1-6H3. The van der Waals surface area contributed by atoms with Crippen LogP contribution in [0.15, 0.2) is 23.8 Å². The fourth-order valence-electron chi connectivity index (χ4n) is 2.41. The van der Waals surface area contributed by atoms with Crippen molar-refractivity contribution >= 4 is 11.4 Å². The first-order chi connectivity index (χ1) is 9.04. The molecule has 3 heteroatoms. The van der Waals surface area contributed by atoms with Gasteiger partial charge in [-0.2, -0.15) is 0 Å². The molecular formula is C17H22F2O. The van der Waals surface area contributed by atoms with Crippen LogP contribution in [0.25, 0.3) is 5.57 Å². The largest absolute Gasteiger partial charge is 0.295 e. The summed E-state index contributed by atoms with van der Waals surface area (Å²) in [7, 11) is 0. The molecule has 0 spiro atoms. The van der Waals surface area contributed by atoms with Gasteiger partial charge in [-0.05, 0) is 68.5 Å². The Labute approximate surface area is 119 Å². The van der Waals surface area contributed by atoms with E-state index >= 15 is 0 Å². The number of carbonyl (C=O) groups excluding carboxylic acids is 1. The molecule has 0 atom stereocenters. The minimum Gasteiger partial charge on any atom is -0.295 e. The average Bonchev–Trinajstić information content (AvgIpc) is 2.25. The summed E-state index contributed by atoms with van der Waals surface area (Å²) in [5.74, 6) is -0.491. The molecule has 0 aliphatic heterocycles. The molecule has 0 N–H and O–H groups in total. The topological polar surface area (TPSA) is 17.1 Å². The Morgan fingerprint density at radius 3 is 2.10 bits per heavy atom. The Hall–Kier alpha value is -1.51. The van der Waals surface area contributed by atoms with Crippen molar-refractivity contribution in [2.45, 2.75) is 47.2 Å². The van der Waals surface area contributed by atoms with Gasteiger partial charge >= 0.3 is 0 Å². The highest BCUT2D eigenvalue weighted by Gasteiger charge is 2.21. The van der Waals surface area contributed by atoms with Crippen LogP contribution in [-0.4, -0.2) is 5.78 Å². The molecule has 0 heterocycles. The first kappa shape index (κ1) is 16.5. The van der Waals surface area contributed by atoms with Crippen molar-refractivity contribution in [2.75, 3.05) is 0 Å². The predicted molar refractivity (Wildman–Crippen MR) is 78.6 cm³/mol. The highest BCUT2D eigenvalue weighted by molar-refractivity contribution is 6.01. The van der Waals surface area contributed by atoms with E-state index < -0.39 is 11.5 Å². The minimum atomic E-state index is -1.62. The molecule has 0 fully saturated rings. The van der Waals surface area contributed by atoms with Crippen LogP contribution in [-0.2, 0) is 10.5 Å². The molecule has 0 radical (unpaired) electrons. The Morgan fingerprint density at radius 2 is 1.70 bits per heavy atom. The molecule has 0 unspecified atom stereocenters. The molecule has 0 saturated carbocycles. The third-order valence-corrected chi connectivity index (χ3v) is 3.38. The number of allylic oxidation sites excluding steroid dienone is 2. The SMILES string of the molecule is CC(=O)C(=C(C)c1cc(F)cc(C(C)(C)F)c1)C(C)C. The van der Waals surface area contributed by atoms with Crippen molar-refractivity contribution in [3.05, 3.63) is 40.7 Å². The molecule has 0 amide bonds. The molecule has 0 aromatic heterocycles. The van der Waals surface area contributed by atoms with E-state index in [2.05, 4.69) is 0 Å². The number of alkyl halides is 1. The van der Waals surface area contributed by atoms with Gasteiger partial charge in [0.25, 0.3) is 0 Å². The zero-order chi connectivity index (χ0) is 15.7. The number of hydrogen-bond donors (Lipinski definition) is 0. The summed E-state index contributed by atoms with van der Waals surface area (Å²) in [6.07, 6.45) is 0. The van der Waals surface area contributed by atoms with Crippen molar-refractivity contribution in [2.24, 2.45) is 5.92 Å². The first-order valence-electron chi connectivity index (χ1n) is 6.76. The number of hydrogen-bond acceptors (Lipinski definition) is 1. The van der Waals surface area contributed by atoms with Crippen molar-refractivity contribution in [3.63, 3.8) is 0 Å². The molecule has 0 bridgehead atoms. The molecule has 0 aliphatic rings. The second-order valence-corrected chi connectivity index (χ2v) is 5.95.